The van der Waals surface area contributed by atoms with Crippen LogP contribution in [0.1, 0.15) is 36.5 Å². The highest BCUT2D eigenvalue weighted by Gasteiger charge is 2.54. The summed E-state index contributed by atoms with van der Waals surface area (Å²) in [5, 5.41) is 0.970. The fourth-order valence-electron chi connectivity index (χ4n) is 5.83. The number of methoxy groups -OCH3 is 1. The van der Waals surface area contributed by atoms with Crippen LogP contribution in [0.5, 0.6) is 17.2 Å². The first kappa shape index (κ1) is 32.6. The van der Waals surface area contributed by atoms with E-state index < -0.39 is 17.6 Å². The summed E-state index contributed by atoms with van der Waals surface area (Å²) in [7, 11) is 1.55. The molecule has 12 heteroatoms. The van der Waals surface area contributed by atoms with Gasteiger partial charge in [0.1, 0.15) is 30.8 Å². The van der Waals surface area contributed by atoms with Crippen molar-refractivity contribution in [3.05, 3.63) is 105 Å². The average molecular weight is 682 g/mol. The molecule has 2 N–H and O–H groups in total. The van der Waals surface area contributed by atoms with Crippen LogP contribution in [-0.4, -0.2) is 62.5 Å². The van der Waals surface area contributed by atoms with Crippen LogP contribution in [0.4, 0.5) is 0 Å². The summed E-state index contributed by atoms with van der Waals surface area (Å²) in [6.45, 7) is 1.35. The molecular weight excluding hydrogens is 647 g/mol. The number of primary amides is 1. The number of esters is 1. The number of ether oxygens (including phenoxy) is 6. The molecule has 0 radical (unpaired) electrons. The van der Waals surface area contributed by atoms with Crippen molar-refractivity contribution in [1.82, 2.24) is 4.90 Å². The van der Waals surface area contributed by atoms with Crippen LogP contribution in [0.3, 0.4) is 0 Å². The van der Waals surface area contributed by atoms with E-state index in [1.165, 1.54) is 6.26 Å². The van der Waals surface area contributed by atoms with Crippen LogP contribution >= 0.6 is 23.2 Å². The Morgan fingerprint density at radius 2 is 1.77 bits per heavy atom. The monoisotopic (exact) mass is 680 g/mol. The number of halogens is 2. The lowest BCUT2D eigenvalue weighted by Crippen LogP contribution is -2.50. The molecule has 1 fully saturated rings. The summed E-state index contributed by atoms with van der Waals surface area (Å²) in [5.41, 5.74) is 7.70. The Kier molecular flexibility index (Phi) is 9.81. The minimum atomic E-state index is -0.931. The summed E-state index contributed by atoms with van der Waals surface area (Å²) < 4.78 is 34.0. The van der Waals surface area contributed by atoms with Crippen molar-refractivity contribution in [3.63, 3.8) is 0 Å². The Balaban J connectivity index is 1.21. The van der Waals surface area contributed by atoms with Crippen molar-refractivity contribution in [2.24, 2.45) is 5.73 Å². The first-order valence-electron chi connectivity index (χ1n) is 15.2. The summed E-state index contributed by atoms with van der Waals surface area (Å²) in [6.07, 6.45) is 2.31. The lowest BCUT2D eigenvalue weighted by Gasteiger charge is -2.35. The molecular formula is C35H34Cl2N2O8. The van der Waals surface area contributed by atoms with E-state index in [0.717, 1.165) is 11.1 Å². The van der Waals surface area contributed by atoms with Gasteiger partial charge in [-0.3, -0.25) is 9.69 Å². The number of benzene rings is 3. The molecule has 3 aromatic carbocycles. The maximum Gasteiger partial charge on any atom is 0.336 e. The summed E-state index contributed by atoms with van der Waals surface area (Å²) in [5.74, 6) is 1.14. The van der Waals surface area contributed by atoms with E-state index in [-0.39, 0.29) is 25.9 Å². The van der Waals surface area contributed by atoms with Gasteiger partial charge in [0, 0.05) is 34.8 Å². The highest BCUT2D eigenvalue weighted by molar-refractivity contribution is 6.31. The van der Waals surface area contributed by atoms with Gasteiger partial charge in [0.25, 0.3) is 0 Å². The third-order valence-electron chi connectivity index (χ3n) is 8.48. The molecule has 0 bridgehead atoms. The van der Waals surface area contributed by atoms with E-state index in [0.29, 0.717) is 76.6 Å². The molecule has 1 aliphatic carbocycles. The molecule has 2 heterocycles. The van der Waals surface area contributed by atoms with Crippen LogP contribution in [0.25, 0.3) is 5.57 Å². The van der Waals surface area contributed by atoms with Crippen LogP contribution < -0.4 is 19.9 Å². The van der Waals surface area contributed by atoms with E-state index in [4.69, 9.17) is 57.4 Å². The number of nitrogens with zero attached hydrogens (tertiary/aromatic N) is 1. The summed E-state index contributed by atoms with van der Waals surface area (Å²) >= 11 is 12.5. The Morgan fingerprint density at radius 1 is 1.00 bits per heavy atom. The molecule has 2 aliphatic heterocycles. The number of hydrogen-bond donors (Lipinski definition) is 1. The SMILES string of the molecule is COc1cc(Cl)ccc1OCCOc1ccc(C2=C(C(=O)OC(C3=COCO3)c3ccccc3Cl)CN(C3(C(N)=O)CC3)CC2)cc1. The van der Waals surface area contributed by atoms with Crippen LogP contribution in [0.2, 0.25) is 10.0 Å². The average Bonchev–Trinajstić information content (AvgIpc) is 3.73. The highest BCUT2D eigenvalue weighted by atomic mass is 35.5. The van der Waals surface area contributed by atoms with Crippen molar-refractivity contribution >= 4 is 40.7 Å². The number of nitrogens with two attached hydrogens (primary N) is 1. The van der Waals surface area contributed by atoms with Crippen molar-refractivity contribution in [3.8, 4) is 17.2 Å². The van der Waals surface area contributed by atoms with Gasteiger partial charge >= 0.3 is 5.97 Å². The normalized spacial score (nSPS) is 17.6. The Labute approximate surface area is 282 Å². The quantitative estimate of drug-likeness (QED) is 0.170. The lowest BCUT2D eigenvalue weighted by molar-refractivity contribution is -0.145. The number of amides is 1. The van der Waals surface area contributed by atoms with Gasteiger partial charge in [0.05, 0.1) is 12.7 Å². The summed E-state index contributed by atoms with van der Waals surface area (Å²) in [4.78, 5) is 28.5. The van der Waals surface area contributed by atoms with Gasteiger partial charge in [0.2, 0.25) is 12.7 Å². The van der Waals surface area contributed by atoms with Crippen LogP contribution in [0, 0.1) is 0 Å². The second kappa shape index (κ2) is 14.2. The summed E-state index contributed by atoms with van der Waals surface area (Å²) in [6, 6.07) is 19.7. The van der Waals surface area contributed by atoms with Gasteiger partial charge in [-0.15, -0.1) is 0 Å². The number of carbonyl (C=O) groups excluding carboxylic acids is 2. The fraction of sp³-hybridized carbons (Fsp3) is 0.314. The van der Waals surface area contributed by atoms with Crippen molar-refractivity contribution in [2.75, 3.05) is 40.2 Å². The standard InChI is InChI=1S/C35H34Cl2N2O8/c1-42-30-18-23(36)8-11-29(30)45-17-16-44-24-9-6-22(7-10-24)25-12-15-39(35(13-14-35)34(38)41)19-27(25)33(40)47-32(31-20-43-21-46-31)26-4-2-3-5-28(26)37/h2-11,18,20,32H,12-17,19,21H2,1H3,(H2,38,41). The fourth-order valence-corrected chi connectivity index (χ4v) is 6.22. The molecule has 1 saturated carbocycles. The Morgan fingerprint density at radius 3 is 2.45 bits per heavy atom. The predicted octanol–water partition coefficient (Wildman–Crippen LogP) is 6.07. The molecule has 0 saturated heterocycles. The minimum absolute atomic E-state index is 0.00650. The number of hydrogen-bond acceptors (Lipinski definition) is 9. The molecule has 3 aromatic rings. The van der Waals surface area contributed by atoms with Crippen molar-refractivity contribution < 1.29 is 38.0 Å². The molecule has 0 spiro atoms. The van der Waals surface area contributed by atoms with E-state index in [9.17, 15) is 9.59 Å². The molecule has 0 aromatic heterocycles. The first-order chi connectivity index (χ1) is 22.8. The molecule has 1 amide bonds. The topological polar surface area (TPSA) is 119 Å². The van der Waals surface area contributed by atoms with Gasteiger partial charge < -0.3 is 34.2 Å². The third-order valence-corrected chi connectivity index (χ3v) is 9.06. The molecule has 10 nitrogen and oxygen atoms in total. The number of carbonyl (C=O) groups is 2. The zero-order valence-electron chi connectivity index (χ0n) is 25.7. The molecule has 1 unspecified atom stereocenters. The Bertz CT molecular complexity index is 1700. The third kappa shape index (κ3) is 7.15. The van der Waals surface area contributed by atoms with Gasteiger partial charge in [-0.05, 0) is 60.7 Å². The largest absolute Gasteiger partial charge is 0.493 e. The second-order valence-corrected chi connectivity index (χ2v) is 12.1. The van der Waals surface area contributed by atoms with Crippen LogP contribution in [0.15, 0.2) is 84.3 Å². The zero-order valence-corrected chi connectivity index (χ0v) is 27.2. The van der Waals surface area contributed by atoms with Crippen molar-refractivity contribution in [1.29, 1.82) is 0 Å². The van der Waals surface area contributed by atoms with Crippen LogP contribution in [-0.2, 0) is 23.8 Å². The van der Waals surface area contributed by atoms with E-state index in [2.05, 4.69) is 0 Å². The second-order valence-electron chi connectivity index (χ2n) is 11.3. The molecule has 1 atom stereocenters. The Hall–Kier alpha value is -4.38. The minimum Gasteiger partial charge on any atom is -0.493 e. The van der Waals surface area contributed by atoms with E-state index in [1.54, 1.807) is 49.6 Å². The smallest absolute Gasteiger partial charge is 0.336 e. The molecule has 246 valence electrons. The zero-order chi connectivity index (χ0) is 33.0. The predicted molar refractivity (Wildman–Crippen MR) is 175 cm³/mol. The van der Waals surface area contributed by atoms with Gasteiger partial charge in [-0.25, -0.2) is 4.79 Å². The maximum absolute atomic E-state index is 14.1. The molecule has 6 rings (SSSR count). The van der Waals surface area contributed by atoms with E-state index in [1.807, 2.05) is 29.2 Å². The van der Waals surface area contributed by atoms with E-state index >= 15 is 0 Å². The maximum atomic E-state index is 14.1. The highest BCUT2D eigenvalue weighted by Crippen LogP contribution is 2.45. The van der Waals surface area contributed by atoms with Gasteiger partial charge in [0.15, 0.2) is 23.4 Å². The van der Waals surface area contributed by atoms with Gasteiger partial charge in [-0.1, -0.05) is 53.5 Å². The first-order valence-corrected chi connectivity index (χ1v) is 15.9. The molecule has 3 aliphatic rings. The molecule has 47 heavy (non-hydrogen) atoms. The lowest BCUT2D eigenvalue weighted by atomic mass is 9.92. The van der Waals surface area contributed by atoms with Gasteiger partial charge in [-0.2, -0.15) is 0 Å². The number of rotatable bonds is 13. The van der Waals surface area contributed by atoms with Crippen molar-refractivity contribution in [2.45, 2.75) is 30.9 Å².